The lowest BCUT2D eigenvalue weighted by atomic mass is 9.82. The highest BCUT2D eigenvalue weighted by molar-refractivity contribution is 5.20. The molecule has 0 radical (unpaired) electrons. The number of aliphatic hydroxyl groups is 1. The average Bonchev–Trinajstić information content (AvgIpc) is 2.22. The van der Waals surface area contributed by atoms with E-state index in [1.807, 2.05) is 13.8 Å². The zero-order valence-corrected chi connectivity index (χ0v) is 9.06. The molecule has 0 aromatic heterocycles. The van der Waals surface area contributed by atoms with Crippen LogP contribution in [0, 0.1) is 17.0 Å². The van der Waals surface area contributed by atoms with Crippen molar-refractivity contribution in [2.24, 2.45) is 5.41 Å². The summed E-state index contributed by atoms with van der Waals surface area (Å²) < 4.78 is 26.0. The topological polar surface area (TPSA) is 20.2 Å². The van der Waals surface area contributed by atoms with Crippen LogP contribution < -0.4 is 0 Å². The van der Waals surface area contributed by atoms with E-state index in [0.29, 0.717) is 12.0 Å². The summed E-state index contributed by atoms with van der Waals surface area (Å²) >= 11 is 0. The summed E-state index contributed by atoms with van der Waals surface area (Å²) in [5.74, 6) is -1.11. The summed E-state index contributed by atoms with van der Waals surface area (Å²) in [6.45, 7) is 3.83. The van der Waals surface area contributed by atoms with E-state index in [1.165, 1.54) is 12.1 Å². The highest BCUT2D eigenvalue weighted by atomic mass is 19.1. The standard InChI is InChI=1S/C12H16F2O/c1-3-12(2,8-15)7-9-4-5-10(13)6-11(9)14/h4-6,15H,3,7-8H2,1-2H3. The van der Waals surface area contributed by atoms with Gasteiger partial charge in [0.2, 0.25) is 0 Å². The maximum absolute atomic E-state index is 13.3. The van der Waals surface area contributed by atoms with Gasteiger partial charge in [0.15, 0.2) is 0 Å². The Bertz CT molecular complexity index is 332. The zero-order valence-electron chi connectivity index (χ0n) is 9.06. The van der Waals surface area contributed by atoms with Crippen molar-refractivity contribution in [2.45, 2.75) is 26.7 Å². The highest BCUT2D eigenvalue weighted by Gasteiger charge is 2.23. The van der Waals surface area contributed by atoms with E-state index in [0.717, 1.165) is 12.5 Å². The van der Waals surface area contributed by atoms with Crippen LogP contribution in [-0.4, -0.2) is 11.7 Å². The maximum Gasteiger partial charge on any atom is 0.129 e. The molecule has 1 rings (SSSR count). The predicted molar refractivity (Wildman–Crippen MR) is 55.5 cm³/mol. The molecule has 0 aliphatic rings. The number of rotatable bonds is 4. The molecule has 1 N–H and O–H groups in total. The molecule has 0 bridgehead atoms. The van der Waals surface area contributed by atoms with Gasteiger partial charge in [-0.15, -0.1) is 0 Å². The maximum atomic E-state index is 13.3. The molecule has 84 valence electrons. The van der Waals surface area contributed by atoms with E-state index in [4.69, 9.17) is 0 Å². The summed E-state index contributed by atoms with van der Waals surface area (Å²) in [7, 11) is 0. The van der Waals surface area contributed by atoms with Crippen LogP contribution in [0.5, 0.6) is 0 Å². The quantitative estimate of drug-likeness (QED) is 0.817. The van der Waals surface area contributed by atoms with Crippen molar-refractivity contribution in [1.82, 2.24) is 0 Å². The first-order chi connectivity index (χ1) is 7.00. The molecule has 0 saturated heterocycles. The van der Waals surface area contributed by atoms with E-state index in [9.17, 15) is 13.9 Å². The molecule has 0 spiro atoms. The van der Waals surface area contributed by atoms with E-state index in [-0.39, 0.29) is 12.0 Å². The van der Waals surface area contributed by atoms with E-state index in [2.05, 4.69) is 0 Å². The van der Waals surface area contributed by atoms with Gasteiger partial charge in [0.1, 0.15) is 11.6 Å². The van der Waals surface area contributed by atoms with Crippen molar-refractivity contribution in [3.63, 3.8) is 0 Å². The van der Waals surface area contributed by atoms with Crippen molar-refractivity contribution in [2.75, 3.05) is 6.61 Å². The first-order valence-electron chi connectivity index (χ1n) is 5.05. The van der Waals surface area contributed by atoms with E-state index < -0.39 is 11.6 Å². The fourth-order valence-corrected chi connectivity index (χ4v) is 1.42. The fraction of sp³-hybridized carbons (Fsp3) is 0.500. The molecular formula is C12H16F2O. The Hall–Kier alpha value is -0.960. The Kier molecular flexibility index (Phi) is 3.80. The summed E-state index contributed by atoms with van der Waals surface area (Å²) in [4.78, 5) is 0. The SMILES string of the molecule is CCC(C)(CO)Cc1ccc(F)cc1F. The van der Waals surface area contributed by atoms with Crippen molar-refractivity contribution >= 4 is 0 Å². The zero-order chi connectivity index (χ0) is 11.5. The Labute approximate surface area is 88.7 Å². The normalized spacial score (nSPS) is 15.0. The summed E-state index contributed by atoms with van der Waals surface area (Å²) in [6.07, 6.45) is 1.17. The Morgan fingerprint density at radius 1 is 1.33 bits per heavy atom. The fourth-order valence-electron chi connectivity index (χ4n) is 1.42. The molecule has 1 unspecified atom stereocenters. The van der Waals surface area contributed by atoms with Crippen LogP contribution in [0.2, 0.25) is 0 Å². The van der Waals surface area contributed by atoms with E-state index >= 15 is 0 Å². The monoisotopic (exact) mass is 214 g/mol. The van der Waals surface area contributed by atoms with Gasteiger partial charge >= 0.3 is 0 Å². The van der Waals surface area contributed by atoms with Crippen LogP contribution in [0.15, 0.2) is 18.2 Å². The molecule has 1 nitrogen and oxygen atoms in total. The van der Waals surface area contributed by atoms with Gasteiger partial charge in [0.05, 0.1) is 0 Å². The molecule has 3 heteroatoms. The molecule has 1 atom stereocenters. The van der Waals surface area contributed by atoms with Gasteiger partial charge in [0, 0.05) is 12.7 Å². The third-order valence-corrected chi connectivity index (χ3v) is 2.87. The summed E-state index contributed by atoms with van der Waals surface area (Å²) in [6, 6.07) is 3.56. The predicted octanol–water partition coefficient (Wildman–Crippen LogP) is 2.92. The minimum Gasteiger partial charge on any atom is -0.396 e. The summed E-state index contributed by atoms with van der Waals surface area (Å²) in [5.41, 5.74) is 0.119. The first-order valence-corrected chi connectivity index (χ1v) is 5.05. The second kappa shape index (κ2) is 4.71. The van der Waals surface area contributed by atoms with Gasteiger partial charge in [-0.1, -0.05) is 19.9 Å². The minimum absolute atomic E-state index is 0.000314. The second-order valence-corrected chi connectivity index (χ2v) is 4.23. The first kappa shape index (κ1) is 12.1. The van der Waals surface area contributed by atoms with Gasteiger partial charge in [0.25, 0.3) is 0 Å². The van der Waals surface area contributed by atoms with Gasteiger partial charge in [-0.25, -0.2) is 8.78 Å². The van der Waals surface area contributed by atoms with Gasteiger partial charge in [-0.05, 0) is 29.9 Å². The van der Waals surface area contributed by atoms with Gasteiger partial charge in [-0.2, -0.15) is 0 Å². The van der Waals surface area contributed by atoms with Crippen LogP contribution >= 0.6 is 0 Å². The van der Waals surface area contributed by atoms with E-state index in [1.54, 1.807) is 0 Å². The minimum atomic E-state index is -0.571. The van der Waals surface area contributed by atoms with Crippen LogP contribution in [0.25, 0.3) is 0 Å². The van der Waals surface area contributed by atoms with Crippen LogP contribution in [0.4, 0.5) is 8.78 Å². The number of aliphatic hydroxyl groups excluding tert-OH is 1. The molecule has 15 heavy (non-hydrogen) atoms. The summed E-state index contributed by atoms with van der Waals surface area (Å²) in [5, 5.41) is 9.20. The van der Waals surface area contributed by atoms with Crippen LogP contribution in [-0.2, 0) is 6.42 Å². The van der Waals surface area contributed by atoms with Crippen LogP contribution in [0.1, 0.15) is 25.8 Å². The Balaban J connectivity index is 2.89. The molecule has 0 amide bonds. The molecular weight excluding hydrogens is 198 g/mol. The molecule has 0 saturated carbocycles. The van der Waals surface area contributed by atoms with Gasteiger partial charge < -0.3 is 5.11 Å². The number of hydrogen-bond acceptors (Lipinski definition) is 1. The Morgan fingerprint density at radius 2 is 2.00 bits per heavy atom. The molecule has 0 heterocycles. The lowest BCUT2D eigenvalue weighted by molar-refractivity contribution is 0.136. The number of benzene rings is 1. The highest BCUT2D eigenvalue weighted by Crippen LogP contribution is 2.27. The lowest BCUT2D eigenvalue weighted by Crippen LogP contribution is -2.23. The third-order valence-electron chi connectivity index (χ3n) is 2.87. The number of hydrogen-bond donors (Lipinski definition) is 1. The van der Waals surface area contributed by atoms with Crippen molar-refractivity contribution in [1.29, 1.82) is 0 Å². The van der Waals surface area contributed by atoms with Crippen molar-refractivity contribution in [3.05, 3.63) is 35.4 Å². The average molecular weight is 214 g/mol. The molecule has 0 fully saturated rings. The molecule has 1 aromatic rings. The number of halogens is 2. The van der Waals surface area contributed by atoms with Crippen molar-refractivity contribution < 1.29 is 13.9 Å². The lowest BCUT2D eigenvalue weighted by Gasteiger charge is -2.25. The largest absolute Gasteiger partial charge is 0.396 e. The third kappa shape index (κ3) is 2.99. The molecule has 1 aromatic carbocycles. The second-order valence-electron chi connectivity index (χ2n) is 4.23. The smallest absolute Gasteiger partial charge is 0.129 e. The van der Waals surface area contributed by atoms with Gasteiger partial charge in [-0.3, -0.25) is 0 Å². The molecule has 0 aliphatic heterocycles. The Morgan fingerprint density at radius 3 is 2.47 bits per heavy atom. The van der Waals surface area contributed by atoms with Crippen molar-refractivity contribution in [3.8, 4) is 0 Å². The van der Waals surface area contributed by atoms with Crippen LogP contribution in [0.3, 0.4) is 0 Å². The molecule has 0 aliphatic carbocycles.